The lowest BCUT2D eigenvalue weighted by Crippen LogP contribution is -2.40. The quantitative estimate of drug-likeness (QED) is 0.603. The number of nitrogens with zero attached hydrogens (tertiary/aromatic N) is 6. The van der Waals surface area contributed by atoms with Gasteiger partial charge >= 0.3 is 0 Å². The van der Waals surface area contributed by atoms with Crippen LogP contribution in [0.3, 0.4) is 0 Å². The fourth-order valence-corrected chi connectivity index (χ4v) is 2.99. The Bertz CT molecular complexity index is 865. The molecule has 2 atom stereocenters. The summed E-state index contributed by atoms with van der Waals surface area (Å²) >= 11 is 0. The molecule has 0 aliphatic rings. The minimum absolute atomic E-state index is 0.280. The predicted octanol–water partition coefficient (Wildman–Crippen LogP) is 3.22. The van der Waals surface area contributed by atoms with E-state index in [1.165, 1.54) is 0 Å². The summed E-state index contributed by atoms with van der Waals surface area (Å²) in [4.78, 5) is 17.3. The molecule has 27 heavy (non-hydrogen) atoms. The van der Waals surface area contributed by atoms with E-state index >= 15 is 0 Å². The summed E-state index contributed by atoms with van der Waals surface area (Å²) in [6, 6.07) is 6.14. The highest BCUT2D eigenvalue weighted by molar-refractivity contribution is 5.12. The van der Waals surface area contributed by atoms with Gasteiger partial charge in [0.15, 0.2) is 12.7 Å². The molecule has 0 N–H and O–H groups in total. The van der Waals surface area contributed by atoms with Crippen molar-refractivity contribution >= 4 is 0 Å². The van der Waals surface area contributed by atoms with Crippen molar-refractivity contribution in [3.05, 3.63) is 72.1 Å². The Balaban J connectivity index is 1.70. The fraction of sp³-hybridized carbons (Fsp3) is 0.429. The van der Waals surface area contributed by atoms with E-state index in [9.17, 15) is 0 Å². The fourth-order valence-electron chi connectivity index (χ4n) is 2.99. The van der Waals surface area contributed by atoms with Crippen LogP contribution in [0.1, 0.15) is 68.2 Å². The molecule has 0 saturated heterocycles. The molecule has 3 rings (SSSR count). The van der Waals surface area contributed by atoms with Crippen LogP contribution in [0.5, 0.6) is 0 Å². The predicted molar refractivity (Wildman–Crippen MR) is 103 cm³/mol. The van der Waals surface area contributed by atoms with Crippen LogP contribution in [0.15, 0.2) is 49.3 Å². The van der Waals surface area contributed by atoms with E-state index in [1.54, 1.807) is 6.33 Å². The Morgan fingerprint density at radius 3 is 2.52 bits per heavy atom. The topological polar surface area (TPSA) is 68.3 Å². The lowest BCUT2D eigenvalue weighted by Gasteiger charge is -2.11. The number of hydrogen-bond donors (Lipinski definition) is 0. The molecule has 140 valence electrons. The van der Waals surface area contributed by atoms with Crippen LogP contribution in [0, 0.1) is 0 Å². The summed E-state index contributed by atoms with van der Waals surface area (Å²) in [5, 5.41) is 4.82. The summed E-state index contributed by atoms with van der Waals surface area (Å²) in [6.45, 7) is 9.38. The first-order valence-corrected chi connectivity index (χ1v) is 9.46. The number of rotatable bonds is 7. The van der Waals surface area contributed by atoms with E-state index in [2.05, 4.69) is 59.8 Å². The SMILES string of the molecule is CC(C)c1nccc(CC(C)c2ccc[n+](CC(C)c3cncnc3)n2)n1. The van der Waals surface area contributed by atoms with E-state index in [-0.39, 0.29) is 5.92 Å². The first-order valence-electron chi connectivity index (χ1n) is 9.46. The Hall–Kier alpha value is -2.76. The maximum Gasteiger partial charge on any atom is 0.196 e. The Labute approximate surface area is 160 Å². The smallest absolute Gasteiger partial charge is 0.196 e. The van der Waals surface area contributed by atoms with Crippen molar-refractivity contribution in [2.45, 2.75) is 58.4 Å². The average Bonchev–Trinajstić information content (AvgIpc) is 2.69. The average molecular weight is 363 g/mol. The van der Waals surface area contributed by atoms with Gasteiger partial charge < -0.3 is 0 Å². The van der Waals surface area contributed by atoms with Crippen molar-refractivity contribution in [1.82, 2.24) is 25.0 Å². The zero-order valence-electron chi connectivity index (χ0n) is 16.4. The van der Waals surface area contributed by atoms with E-state index in [4.69, 9.17) is 5.10 Å². The van der Waals surface area contributed by atoms with Crippen LogP contribution < -0.4 is 4.68 Å². The van der Waals surface area contributed by atoms with Gasteiger partial charge in [-0.3, -0.25) is 0 Å². The number of aromatic nitrogens is 6. The van der Waals surface area contributed by atoms with Crippen LogP contribution in [0.4, 0.5) is 0 Å². The Morgan fingerprint density at radius 1 is 1.00 bits per heavy atom. The van der Waals surface area contributed by atoms with E-state index < -0.39 is 0 Å². The summed E-state index contributed by atoms with van der Waals surface area (Å²) in [7, 11) is 0. The van der Waals surface area contributed by atoms with Crippen LogP contribution in [0.25, 0.3) is 0 Å². The van der Waals surface area contributed by atoms with Crippen LogP contribution >= 0.6 is 0 Å². The molecule has 0 saturated carbocycles. The zero-order valence-corrected chi connectivity index (χ0v) is 16.4. The largest absolute Gasteiger partial charge is 0.245 e. The third-order valence-corrected chi connectivity index (χ3v) is 4.65. The summed E-state index contributed by atoms with van der Waals surface area (Å²) in [5.41, 5.74) is 3.25. The highest BCUT2D eigenvalue weighted by Gasteiger charge is 2.17. The molecule has 0 aliphatic carbocycles. The van der Waals surface area contributed by atoms with Crippen LogP contribution in [0.2, 0.25) is 0 Å². The van der Waals surface area contributed by atoms with Crippen LogP contribution in [-0.4, -0.2) is 25.0 Å². The van der Waals surface area contributed by atoms with Crippen molar-refractivity contribution < 1.29 is 4.68 Å². The normalized spacial score (nSPS) is 13.5. The lowest BCUT2D eigenvalue weighted by molar-refractivity contribution is -0.756. The summed E-state index contributed by atoms with van der Waals surface area (Å²) in [5.74, 6) is 1.81. The second-order valence-electron chi connectivity index (χ2n) is 7.39. The van der Waals surface area contributed by atoms with Gasteiger partial charge in [-0.05, 0) is 29.2 Å². The van der Waals surface area contributed by atoms with E-state index in [0.717, 1.165) is 35.7 Å². The van der Waals surface area contributed by atoms with Gasteiger partial charge in [0.25, 0.3) is 0 Å². The first-order chi connectivity index (χ1) is 13.0. The molecule has 3 aromatic rings. The van der Waals surface area contributed by atoms with E-state index in [0.29, 0.717) is 11.8 Å². The van der Waals surface area contributed by atoms with Gasteiger partial charge in [-0.25, -0.2) is 19.9 Å². The maximum absolute atomic E-state index is 4.82. The summed E-state index contributed by atoms with van der Waals surface area (Å²) < 4.78 is 2.00. The lowest BCUT2D eigenvalue weighted by atomic mass is 10.0. The molecular weight excluding hydrogens is 336 g/mol. The van der Waals surface area contributed by atoms with Crippen molar-refractivity contribution in [2.24, 2.45) is 0 Å². The molecular formula is C21H27N6+. The molecule has 3 aromatic heterocycles. The van der Waals surface area contributed by atoms with Crippen LogP contribution in [-0.2, 0) is 13.0 Å². The van der Waals surface area contributed by atoms with Gasteiger partial charge in [-0.2, -0.15) is 0 Å². The zero-order chi connectivity index (χ0) is 19.2. The monoisotopic (exact) mass is 363 g/mol. The number of hydrogen-bond acceptors (Lipinski definition) is 5. The molecule has 0 bridgehead atoms. The maximum atomic E-state index is 4.82. The minimum Gasteiger partial charge on any atom is -0.245 e. The van der Waals surface area contributed by atoms with Gasteiger partial charge in [0, 0.05) is 48.1 Å². The molecule has 0 radical (unpaired) electrons. The third kappa shape index (κ3) is 5.12. The van der Waals surface area contributed by atoms with Gasteiger partial charge in [0.05, 0.1) is 0 Å². The molecule has 6 heteroatoms. The highest BCUT2D eigenvalue weighted by atomic mass is 15.3. The molecule has 0 aromatic carbocycles. The van der Waals surface area contributed by atoms with Gasteiger partial charge in [0.1, 0.15) is 17.8 Å². The standard InChI is InChI=1S/C21H27N6/c1-15(2)21-24-8-7-19(25-21)10-16(3)20-6-5-9-27(26-20)13-17(4)18-11-22-14-23-12-18/h5-9,11-12,14-17H,10,13H2,1-4H3/q+1. The van der Waals surface area contributed by atoms with Gasteiger partial charge in [0.2, 0.25) is 0 Å². The van der Waals surface area contributed by atoms with Gasteiger partial charge in [-0.1, -0.05) is 32.4 Å². The van der Waals surface area contributed by atoms with Crippen molar-refractivity contribution in [2.75, 3.05) is 0 Å². The minimum atomic E-state index is 0.280. The van der Waals surface area contributed by atoms with Gasteiger partial charge in [-0.15, -0.1) is 0 Å². The van der Waals surface area contributed by atoms with Crippen molar-refractivity contribution in [3.8, 4) is 0 Å². The second kappa shape index (κ2) is 8.75. The van der Waals surface area contributed by atoms with Crippen molar-refractivity contribution in [3.63, 3.8) is 0 Å². The molecule has 2 unspecified atom stereocenters. The molecule has 0 fully saturated rings. The van der Waals surface area contributed by atoms with Crippen molar-refractivity contribution in [1.29, 1.82) is 0 Å². The Kier molecular flexibility index (Phi) is 6.16. The summed E-state index contributed by atoms with van der Waals surface area (Å²) in [6.07, 6.45) is 10.0. The highest BCUT2D eigenvalue weighted by Crippen LogP contribution is 2.18. The third-order valence-electron chi connectivity index (χ3n) is 4.65. The van der Waals surface area contributed by atoms with E-state index in [1.807, 2.05) is 35.5 Å². The first kappa shape index (κ1) is 19.0. The molecule has 6 nitrogen and oxygen atoms in total. The molecule has 0 spiro atoms. The molecule has 3 heterocycles. The molecule has 0 aliphatic heterocycles. The Morgan fingerprint density at radius 2 is 1.78 bits per heavy atom. The second-order valence-corrected chi connectivity index (χ2v) is 7.39. The molecule has 0 amide bonds.